The molecule has 2 rings (SSSR count). The smallest absolute Gasteiger partial charge is 0.306 e. The molecule has 0 saturated heterocycles. The van der Waals surface area contributed by atoms with Crippen molar-refractivity contribution in [1.29, 1.82) is 0 Å². The molecule has 1 fully saturated rings. The molecule has 1 heterocycles. The van der Waals surface area contributed by atoms with Gasteiger partial charge < -0.3 is 9.84 Å². The maximum atomic E-state index is 12.8. The van der Waals surface area contributed by atoms with Crippen LogP contribution < -0.4 is 4.74 Å². The summed E-state index contributed by atoms with van der Waals surface area (Å²) in [7, 11) is 0. The van der Waals surface area contributed by atoms with Crippen molar-refractivity contribution in [2.45, 2.75) is 31.8 Å². The first kappa shape index (κ1) is 11.8. The molecule has 0 aliphatic heterocycles. The molecule has 4 nitrogen and oxygen atoms in total. The molecule has 0 spiro atoms. The van der Waals surface area contributed by atoms with Gasteiger partial charge in [-0.05, 0) is 31.7 Å². The van der Waals surface area contributed by atoms with E-state index in [1.165, 1.54) is 6.07 Å². The molecule has 0 aromatic carbocycles. The first-order valence-electron chi connectivity index (χ1n) is 5.67. The number of nitrogens with zero attached hydrogens (tertiary/aromatic N) is 1. The predicted molar refractivity (Wildman–Crippen MR) is 58.2 cm³/mol. The van der Waals surface area contributed by atoms with E-state index in [0.717, 1.165) is 0 Å². The van der Waals surface area contributed by atoms with Crippen molar-refractivity contribution < 1.29 is 19.0 Å². The number of hydrogen-bond acceptors (Lipinski definition) is 3. The number of carboxylic acid groups (broad SMARTS) is 1. The van der Waals surface area contributed by atoms with E-state index < -0.39 is 11.9 Å². The molecule has 17 heavy (non-hydrogen) atoms. The minimum atomic E-state index is -0.743. The maximum Gasteiger partial charge on any atom is 0.306 e. The van der Waals surface area contributed by atoms with Crippen LogP contribution in [0.5, 0.6) is 5.88 Å². The highest BCUT2D eigenvalue weighted by atomic mass is 19.1. The van der Waals surface area contributed by atoms with Crippen LogP contribution in [0, 0.1) is 11.9 Å². The minimum Gasteiger partial charge on any atom is -0.481 e. The Labute approximate surface area is 98.4 Å². The van der Waals surface area contributed by atoms with Crippen LogP contribution in [0.2, 0.25) is 0 Å². The Morgan fingerprint density at radius 1 is 1.35 bits per heavy atom. The Bertz CT molecular complexity index is 402. The lowest BCUT2D eigenvalue weighted by Gasteiger charge is -2.26. The largest absolute Gasteiger partial charge is 0.481 e. The van der Waals surface area contributed by atoms with Crippen LogP contribution in [0.1, 0.15) is 25.7 Å². The normalized spacial score (nSPS) is 24.3. The van der Waals surface area contributed by atoms with Crippen LogP contribution in [0.4, 0.5) is 4.39 Å². The van der Waals surface area contributed by atoms with Crippen LogP contribution in [0.3, 0.4) is 0 Å². The van der Waals surface area contributed by atoms with Crippen molar-refractivity contribution in [3.05, 3.63) is 24.1 Å². The highest BCUT2D eigenvalue weighted by Crippen LogP contribution is 2.27. The first-order chi connectivity index (χ1) is 8.15. The molecule has 0 unspecified atom stereocenters. The van der Waals surface area contributed by atoms with Crippen molar-refractivity contribution in [3.8, 4) is 5.88 Å². The average Bonchev–Trinajstić information content (AvgIpc) is 2.29. The number of halogens is 1. The summed E-state index contributed by atoms with van der Waals surface area (Å²) in [6.45, 7) is 0. The molecule has 1 aromatic heterocycles. The predicted octanol–water partition coefficient (Wildman–Crippen LogP) is 2.24. The number of carboxylic acids is 1. The monoisotopic (exact) mass is 239 g/mol. The van der Waals surface area contributed by atoms with Crippen molar-refractivity contribution in [3.63, 3.8) is 0 Å². The minimum absolute atomic E-state index is 0.0556. The number of aliphatic carboxylic acids is 1. The second kappa shape index (κ2) is 5.12. The topological polar surface area (TPSA) is 59.4 Å². The number of pyridine rings is 1. The van der Waals surface area contributed by atoms with Gasteiger partial charge in [-0.2, -0.15) is 9.37 Å². The summed E-state index contributed by atoms with van der Waals surface area (Å²) < 4.78 is 18.3. The van der Waals surface area contributed by atoms with Crippen LogP contribution in [0.15, 0.2) is 18.2 Å². The third kappa shape index (κ3) is 3.15. The molecule has 0 atom stereocenters. The van der Waals surface area contributed by atoms with Gasteiger partial charge >= 0.3 is 5.97 Å². The van der Waals surface area contributed by atoms with E-state index in [-0.39, 0.29) is 17.9 Å². The van der Waals surface area contributed by atoms with Gasteiger partial charge in [-0.3, -0.25) is 4.79 Å². The Hall–Kier alpha value is -1.65. The molecule has 0 bridgehead atoms. The SMILES string of the molecule is O=C(O)C1CCC(Oc2cccc(F)n2)CC1. The lowest BCUT2D eigenvalue weighted by Crippen LogP contribution is -2.28. The number of ether oxygens (including phenoxy) is 1. The van der Waals surface area contributed by atoms with Crippen LogP contribution in [-0.2, 0) is 4.79 Å². The molecular formula is C12H14FNO3. The van der Waals surface area contributed by atoms with Crippen molar-refractivity contribution in [1.82, 2.24) is 4.98 Å². The fourth-order valence-corrected chi connectivity index (χ4v) is 2.05. The zero-order chi connectivity index (χ0) is 12.3. The summed E-state index contributed by atoms with van der Waals surface area (Å²) in [4.78, 5) is 14.4. The Kier molecular flexibility index (Phi) is 3.56. The van der Waals surface area contributed by atoms with Gasteiger partial charge in [0.05, 0.1) is 5.92 Å². The van der Waals surface area contributed by atoms with Gasteiger partial charge in [0.15, 0.2) is 0 Å². The van der Waals surface area contributed by atoms with Gasteiger partial charge in [0, 0.05) is 6.07 Å². The Morgan fingerprint density at radius 2 is 2.06 bits per heavy atom. The van der Waals surface area contributed by atoms with Crippen LogP contribution >= 0.6 is 0 Å². The molecule has 0 amide bonds. The maximum absolute atomic E-state index is 12.8. The van der Waals surface area contributed by atoms with Gasteiger partial charge in [0.2, 0.25) is 11.8 Å². The van der Waals surface area contributed by atoms with Gasteiger partial charge in [0.25, 0.3) is 0 Å². The molecule has 1 N–H and O–H groups in total. The summed E-state index contributed by atoms with van der Waals surface area (Å²) in [6, 6.07) is 4.40. The number of hydrogen-bond donors (Lipinski definition) is 1. The second-order valence-electron chi connectivity index (χ2n) is 4.23. The van der Waals surface area contributed by atoms with E-state index in [1.54, 1.807) is 12.1 Å². The van der Waals surface area contributed by atoms with Crippen LogP contribution in [-0.4, -0.2) is 22.2 Å². The van der Waals surface area contributed by atoms with E-state index >= 15 is 0 Å². The molecule has 92 valence electrons. The van der Waals surface area contributed by atoms with E-state index in [0.29, 0.717) is 25.7 Å². The lowest BCUT2D eigenvalue weighted by molar-refractivity contribution is -0.143. The standard InChI is InChI=1S/C12H14FNO3/c13-10-2-1-3-11(14-10)17-9-6-4-8(5-7-9)12(15)16/h1-3,8-9H,4-7H2,(H,15,16). The zero-order valence-electron chi connectivity index (χ0n) is 9.30. The van der Waals surface area contributed by atoms with E-state index in [1.807, 2.05) is 0 Å². The van der Waals surface area contributed by atoms with Crippen molar-refractivity contribution in [2.75, 3.05) is 0 Å². The molecule has 1 aromatic rings. The summed E-state index contributed by atoms with van der Waals surface area (Å²) in [5.41, 5.74) is 0. The highest BCUT2D eigenvalue weighted by molar-refractivity contribution is 5.70. The third-order valence-corrected chi connectivity index (χ3v) is 3.00. The molecule has 1 aliphatic rings. The summed E-state index contributed by atoms with van der Waals surface area (Å²) >= 11 is 0. The quantitative estimate of drug-likeness (QED) is 0.822. The second-order valence-corrected chi connectivity index (χ2v) is 4.23. The van der Waals surface area contributed by atoms with Crippen LogP contribution in [0.25, 0.3) is 0 Å². The molecule has 5 heteroatoms. The van der Waals surface area contributed by atoms with E-state index in [9.17, 15) is 9.18 Å². The Balaban J connectivity index is 1.88. The molecule has 1 aliphatic carbocycles. The van der Waals surface area contributed by atoms with Gasteiger partial charge in [-0.15, -0.1) is 0 Å². The number of carbonyl (C=O) groups is 1. The molecular weight excluding hydrogens is 225 g/mol. The first-order valence-corrected chi connectivity index (χ1v) is 5.67. The van der Waals surface area contributed by atoms with E-state index in [4.69, 9.17) is 9.84 Å². The molecule has 0 radical (unpaired) electrons. The zero-order valence-corrected chi connectivity index (χ0v) is 9.30. The average molecular weight is 239 g/mol. The highest BCUT2D eigenvalue weighted by Gasteiger charge is 2.27. The van der Waals surface area contributed by atoms with Gasteiger partial charge in [-0.25, -0.2) is 0 Å². The fourth-order valence-electron chi connectivity index (χ4n) is 2.05. The van der Waals surface area contributed by atoms with Crippen molar-refractivity contribution >= 4 is 5.97 Å². The summed E-state index contributed by atoms with van der Waals surface area (Å²) in [6.07, 6.45) is 2.51. The van der Waals surface area contributed by atoms with E-state index in [2.05, 4.69) is 4.98 Å². The number of rotatable bonds is 3. The summed E-state index contributed by atoms with van der Waals surface area (Å²) in [5, 5.41) is 8.85. The number of aromatic nitrogens is 1. The molecule has 1 saturated carbocycles. The lowest BCUT2D eigenvalue weighted by atomic mass is 9.87. The Morgan fingerprint density at radius 3 is 2.65 bits per heavy atom. The summed E-state index contributed by atoms with van der Waals surface area (Å²) in [5.74, 6) is -1.31. The van der Waals surface area contributed by atoms with Gasteiger partial charge in [-0.1, -0.05) is 6.07 Å². The van der Waals surface area contributed by atoms with Gasteiger partial charge in [0.1, 0.15) is 6.10 Å². The van der Waals surface area contributed by atoms with Crippen molar-refractivity contribution in [2.24, 2.45) is 5.92 Å². The third-order valence-electron chi connectivity index (χ3n) is 3.00. The fraction of sp³-hybridized carbons (Fsp3) is 0.500.